The molecule has 0 amide bonds. The highest BCUT2D eigenvalue weighted by Crippen LogP contribution is 1.90. The molecule has 1 fully saturated rings. The predicted molar refractivity (Wildman–Crippen MR) is 54.8 cm³/mol. The molecule has 2 nitrogen and oxygen atoms in total. The number of nitrogens with zero attached hydrogens (tertiary/aromatic N) is 1. The van der Waals surface area contributed by atoms with Crippen LogP contribution in [0.2, 0.25) is 0 Å². The van der Waals surface area contributed by atoms with Crippen LogP contribution in [0.1, 0.15) is 39.5 Å². The molecule has 0 aliphatic carbocycles. The lowest BCUT2D eigenvalue weighted by Gasteiger charge is -1.76. The third-order valence-corrected chi connectivity index (χ3v) is 1.74. The number of hydrogen-bond donors (Lipinski definition) is 1. The van der Waals surface area contributed by atoms with E-state index < -0.39 is 0 Å². The topological polar surface area (TPSA) is 16.4 Å². The van der Waals surface area contributed by atoms with Gasteiger partial charge in [-0.3, -0.25) is 0 Å². The van der Waals surface area contributed by atoms with Crippen molar-refractivity contribution < 1.29 is 0 Å². The first-order valence-electron chi connectivity index (χ1n) is 4.95. The van der Waals surface area contributed by atoms with Crippen molar-refractivity contribution in [3.8, 4) is 6.07 Å². The zero-order valence-electron chi connectivity index (χ0n) is 8.40. The maximum atomic E-state index is 3.91. The summed E-state index contributed by atoms with van der Waals surface area (Å²) in [5.41, 5.74) is 0. The van der Waals surface area contributed by atoms with E-state index in [2.05, 4.69) is 23.2 Å². The van der Waals surface area contributed by atoms with Gasteiger partial charge in [0.15, 0.2) is 0 Å². The number of nitrogens with one attached hydrogen (secondary N) is 1. The Kier molecular flexibility index (Phi) is 9.97. The molecule has 1 aliphatic heterocycles. The van der Waals surface area contributed by atoms with Gasteiger partial charge in [-0.15, -0.1) is 0 Å². The SMILES string of the molecule is C1CCNC1.CC#[N+]CCCC. The van der Waals surface area contributed by atoms with Crippen molar-refractivity contribution in [3.05, 3.63) is 4.85 Å². The molecule has 0 aromatic rings. The molecule has 2 heteroatoms. The average molecular weight is 169 g/mol. The van der Waals surface area contributed by atoms with E-state index in [1.807, 2.05) is 6.92 Å². The summed E-state index contributed by atoms with van der Waals surface area (Å²) in [6, 6.07) is 2.73. The van der Waals surface area contributed by atoms with Gasteiger partial charge in [-0.25, -0.2) is 0 Å². The molecule has 12 heavy (non-hydrogen) atoms. The number of rotatable bonds is 2. The zero-order chi connectivity index (χ0) is 9.07. The van der Waals surface area contributed by atoms with E-state index in [1.165, 1.54) is 38.8 Å². The summed E-state index contributed by atoms with van der Waals surface area (Å²) >= 11 is 0. The standard InChI is InChI=1S/C6H12N.C4H9N/c1-3-5-6-7-4-2;1-2-4-5-3-1/h3,5-6H2,1-2H3;5H,1-4H2/q+1;. The van der Waals surface area contributed by atoms with Gasteiger partial charge in [0.1, 0.15) is 0 Å². The van der Waals surface area contributed by atoms with Gasteiger partial charge in [0.05, 0.1) is 6.92 Å². The van der Waals surface area contributed by atoms with Gasteiger partial charge in [-0.1, -0.05) is 11.8 Å². The molecule has 0 aromatic heterocycles. The minimum absolute atomic E-state index is 0.951. The minimum atomic E-state index is 0.951. The molecular weight excluding hydrogens is 148 g/mol. The van der Waals surface area contributed by atoms with Crippen LogP contribution in [0.3, 0.4) is 0 Å². The largest absolute Gasteiger partial charge is 0.317 e. The minimum Gasteiger partial charge on any atom is -0.317 e. The summed E-state index contributed by atoms with van der Waals surface area (Å²) in [5, 5.41) is 3.22. The molecule has 0 bridgehead atoms. The molecule has 0 saturated carbocycles. The summed E-state index contributed by atoms with van der Waals surface area (Å²) in [5.74, 6) is 0. The summed E-state index contributed by atoms with van der Waals surface area (Å²) in [7, 11) is 0. The second-order valence-electron chi connectivity index (χ2n) is 2.92. The summed E-state index contributed by atoms with van der Waals surface area (Å²) in [4.78, 5) is 3.91. The van der Waals surface area contributed by atoms with Crippen LogP contribution >= 0.6 is 0 Å². The van der Waals surface area contributed by atoms with Crippen molar-refractivity contribution in [3.63, 3.8) is 0 Å². The van der Waals surface area contributed by atoms with Crippen LogP contribution in [0.5, 0.6) is 0 Å². The molecule has 0 radical (unpaired) electrons. The highest BCUT2D eigenvalue weighted by molar-refractivity contribution is 4.78. The van der Waals surface area contributed by atoms with Crippen molar-refractivity contribution in [2.75, 3.05) is 19.6 Å². The van der Waals surface area contributed by atoms with Gasteiger partial charge in [-0.05, 0) is 32.4 Å². The first-order valence-corrected chi connectivity index (χ1v) is 4.95. The average Bonchev–Trinajstić information content (AvgIpc) is 2.62. The molecule has 1 aliphatic rings. The van der Waals surface area contributed by atoms with E-state index in [-0.39, 0.29) is 0 Å². The second kappa shape index (κ2) is 10.4. The normalized spacial score (nSPS) is 14.2. The van der Waals surface area contributed by atoms with Gasteiger partial charge in [0, 0.05) is 6.42 Å². The predicted octanol–water partition coefficient (Wildman–Crippen LogP) is 2.51. The van der Waals surface area contributed by atoms with E-state index in [0.29, 0.717) is 0 Å². The Balaban J connectivity index is 0.000000211. The van der Waals surface area contributed by atoms with Crippen molar-refractivity contribution >= 4 is 0 Å². The lowest BCUT2D eigenvalue weighted by molar-refractivity contribution is 0.857. The van der Waals surface area contributed by atoms with Crippen LogP contribution in [0.25, 0.3) is 4.85 Å². The molecule has 0 unspecified atom stereocenters. The first-order chi connectivity index (χ1) is 5.91. The van der Waals surface area contributed by atoms with Crippen LogP contribution in [0.15, 0.2) is 0 Å². The van der Waals surface area contributed by atoms with E-state index in [0.717, 1.165) is 6.54 Å². The van der Waals surface area contributed by atoms with Gasteiger partial charge in [0.2, 0.25) is 0 Å². The second-order valence-corrected chi connectivity index (χ2v) is 2.92. The molecule has 70 valence electrons. The third kappa shape index (κ3) is 9.45. The smallest absolute Gasteiger partial charge is 0.269 e. The van der Waals surface area contributed by atoms with Crippen molar-refractivity contribution in [1.82, 2.24) is 5.32 Å². The van der Waals surface area contributed by atoms with Crippen molar-refractivity contribution in [1.29, 1.82) is 0 Å². The molecule has 0 atom stereocenters. The fraction of sp³-hybridized carbons (Fsp3) is 0.900. The van der Waals surface area contributed by atoms with Crippen LogP contribution in [-0.4, -0.2) is 19.6 Å². The Morgan fingerprint density at radius 2 is 2.00 bits per heavy atom. The fourth-order valence-electron chi connectivity index (χ4n) is 0.974. The number of hydrogen-bond acceptors (Lipinski definition) is 1. The Morgan fingerprint density at radius 3 is 2.33 bits per heavy atom. The van der Waals surface area contributed by atoms with Gasteiger partial charge < -0.3 is 5.32 Å². The maximum Gasteiger partial charge on any atom is 0.269 e. The molecule has 1 saturated heterocycles. The van der Waals surface area contributed by atoms with Gasteiger partial charge in [0.25, 0.3) is 12.6 Å². The van der Waals surface area contributed by atoms with Crippen LogP contribution in [0, 0.1) is 6.07 Å². The highest BCUT2D eigenvalue weighted by Gasteiger charge is 1.93. The van der Waals surface area contributed by atoms with Gasteiger partial charge >= 0.3 is 0 Å². The van der Waals surface area contributed by atoms with E-state index in [4.69, 9.17) is 0 Å². The quantitative estimate of drug-likeness (QED) is 0.628. The van der Waals surface area contributed by atoms with Crippen molar-refractivity contribution in [2.45, 2.75) is 39.5 Å². The summed E-state index contributed by atoms with van der Waals surface area (Å²) < 4.78 is 0. The summed E-state index contributed by atoms with van der Waals surface area (Å²) in [6.07, 6.45) is 5.20. The molecule has 1 heterocycles. The van der Waals surface area contributed by atoms with Crippen LogP contribution in [0.4, 0.5) is 0 Å². The lowest BCUT2D eigenvalue weighted by atomic mass is 10.3. The van der Waals surface area contributed by atoms with E-state index in [9.17, 15) is 0 Å². The summed E-state index contributed by atoms with van der Waals surface area (Å²) in [6.45, 7) is 7.44. The van der Waals surface area contributed by atoms with E-state index >= 15 is 0 Å². The Labute approximate surface area is 76.2 Å². The Morgan fingerprint density at radius 1 is 1.33 bits per heavy atom. The molecule has 0 aromatic carbocycles. The zero-order valence-corrected chi connectivity index (χ0v) is 8.40. The van der Waals surface area contributed by atoms with E-state index in [1.54, 1.807) is 0 Å². The molecule has 1 rings (SSSR count). The monoisotopic (exact) mass is 169 g/mol. The number of unbranched alkanes of at least 4 members (excludes halogenated alkanes) is 1. The molecule has 0 spiro atoms. The highest BCUT2D eigenvalue weighted by atomic mass is 14.9. The third-order valence-electron chi connectivity index (χ3n) is 1.74. The Bertz CT molecular complexity index is 121. The lowest BCUT2D eigenvalue weighted by Crippen LogP contribution is -2.03. The van der Waals surface area contributed by atoms with Crippen LogP contribution in [-0.2, 0) is 0 Å². The van der Waals surface area contributed by atoms with Gasteiger partial charge in [-0.2, -0.15) is 0 Å². The van der Waals surface area contributed by atoms with Crippen molar-refractivity contribution in [2.24, 2.45) is 0 Å². The van der Waals surface area contributed by atoms with Crippen LogP contribution < -0.4 is 5.32 Å². The first kappa shape index (κ1) is 11.4. The Hall–Kier alpha value is -0.550. The fourth-order valence-corrected chi connectivity index (χ4v) is 0.974. The maximum absolute atomic E-state index is 3.91. The molecule has 1 N–H and O–H groups in total. The molecular formula is C10H21N2+.